The first-order valence-electron chi connectivity index (χ1n) is 9.16. The fraction of sp³-hybridized carbons (Fsp3) is 0.182. The number of esters is 1. The van der Waals surface area contributed by atoms with Crippen LogP contribution in [0.4, 0.5) is 13.2 Å². The Labute approximate surface area is 190 Å². The summed E-state index contributed by atoms with van der Waals surface area (Å²) in [5, 5.41) is 5.65. The number of nitrogens with one attached hydrogen (secondary N) is 1. The maximum absolute atomic E-state index is 13.0. The van der Waals surface area contributed by atoms with E-state index in [-0.39, 0.29) is 24.8 Å². The van der Waals surface area contributed by atoms with Gasteiger partial charge in [0.15, 0.2) is 0 Å². The average molecular weight is 482 g/mol. The third-order valence-electron chi connectivity index (χ3n) is 4.08. The molecule has 2 aromatic carbocycles. The van der Waals surface area contributed by atoms with Crippen LogP contribution in [0.15, 0.2) is 54.6 Å². The van der Waals surface area contributed by atoms with Gasteiger partial charge in [-0.25, -0.2) is 4.79 Å². The highest BCUT2D eigenvalue weighted by atomic mass is 35.5. The zero-order valence-electron chi connectivity index (χ0n) is 16.2. The van der Waals surface area contributed by atoms with Gasteiger partial charge in [0, 0.05) is 16.7 Å². The van der Waals surface area contributed by atoms with E-state index in [2.05, 4.69) is 16.8 Å². The van der Waals surface area contributed by atoms with Crippen molar-refractivity contribution >= 4 is 34.8 Å². The highest BCUT2D eigenvalue weighted by Gasteiger charge is 2.31. The number of benzene rings is 2. The van der Waals surface area contributed by atoms with Crippen LogP contribution in [-0.4, -0.2) is 25.0 Å². The third-order valence-corrected chi connectivity index (χ3v) is 5.08. The fourth-order valence-electron chi connectivity index (χ4n) is 2.57. The van der Waals surface area contributed by atoms with Crippen molar-refractivity contribution in [2.75, 3.05) is 13.2 Å². The topological polar surface area (TPSA) is 64.6 Å². The molecule has 1 amide bonds. The molecular formula is C22H15ClF3NO4S. The number of ether oxygens (including phenoxy) is 2. The highest BCUT2D eigenvalue weighted by molar-refractivity contribution is 7.11. The summed E-state index contributed by atoms with van der Waals surface area (Å²) in [6.07, 6.45) is -5.90. The molecule has 32 heavy (non-hydrogen) atoms. The Bertz CT molecular complexity index is 1060. The van der Waals surface area contributed by atoms with Crippen molar-refractivity contribution in [3.63, 3.8) is 0 Å². The van der Waals surface area contributed by atoms with E-state index in [1.54, 1.807) is 0 Å². The predicted molar refractivity (Wildman–Crippen MR) is 112 cm³/mol. The number of halogens is 4. The van der Waals surface area contributed by atoms with Crippen molar-refractivity contribution in [2.45, 2.75) is 12.3 Å². The molecule has 0 aliphatic carbocycles. The Morgan fingerprint density at radius 3 is 2.56 bits per heavy atom. The van der Waals surface area contributed by atoms with Gasteiger partial charge in [-0.15, -0.1) is 0 Å². The summed E-state index contributed by atoms with van der Waals surface area (Å²) in [7, 11) is 0. The van der Waals surface area contributed by atoms with E-state index in [4.69, 9.17) is 21.1 Å². The number of hydrogen-bond donors (Lipinski definition) is 1. The van der Waals surface area contributed by atoms with Crippen LogP contribution < -0.4 is 10.1 Å². The van der Waals surface area contributed by atoms with Crippen LogP contribution in [-0.2, 0) is 15.7 Å². The van der Waals surface area contributed by atoms with Gasteiger partial charge in [-0.3, -0.25) is 4.79 Å². The molecule has 1 aromatic heterocycles. The van der Waals surface area contributed by atoms with Crippen LogP contribution in [0.2, 0.25) is 5.02 Å². The molecule has 1 unspecified atom stereocenters. The van der Waals surface area contributed by atoms with Crippen LogP contribution in [0.5, 0.6) is 5.75 Å². The summed E-state index contributed by atoms with van der Waals surface area (Å²) in [5.74, 6) is -1.36. The smallest absolute Gasteiger partial charge is 0.416 e. The van der Waals surface area contributed by atoms with Gasteiger partial charge in [0.25, 0.3) is 5.91 Å². The second-order valence-corrected chi connectivity index (χ2v) is 7.64. The Morgan fingerprint density at radius 2 is 1.91 bits per heavy atom. The molecule has 5 nitrogen and oxygen atoms in total. The third kappa shape index (κ3) is 6.39. The minimum absolute atomic E-state index is 0.0272. The van der Waals surface area contributed by atoms with Crippen molar-refractivity contribution in [2.24, 2.45) is 0 Å². The van der Waals surface area contributed by atoms with E-state index in [9.17, 15) is 22.8 Å². The normalized spacial score (nSPS) is 11.9. The number of amides is 1. The molecule has 0 fully saturated rings. The molecule has 1 heterocycles. The first-order chi connectivity index (χ1) is 15.2. The Balaban J connectivity index is 1.68. The lowest BCUT2D eigenvalue weighted by Gasteiger charge is -2.19. The zero-order chi connectivity index (χ0) is 23.1. The largest absolute Gasteiger partial charge is 0.474 e. The minimum Gasteiger partial charge on any atom is -0.474 e. The van der Waals surface area contributed by atoms with Crippen molar-refractivity contribution in [1.82, 2.24) is 5.32 Å². The van der Waals surface area contributed by atoms with Crippen LogP contribution in [0.3, 0.4) is 0 Å². The molecule has 3 rings (SSSR count). The molecule has 0 bridgehead atoms. The number of hydrogen-bond acceptors (Lipinski definition) is 5. The van der Waals surface area contributed by atoms with Gasteiger partial charge in [0.05, 0.1) is 12.1 Å². The standard InChI is InChI=1S/C22H15ClF3NO4S/c23-16-8-6-14(7-9-16)19(31-17-4-1-3-15(13-17)22(24,25)26)21(29)30-11-10-27-20(28)18-5-2-12-32-18/h1,3-9,13,19H,10-11H2,(H,27,28). The first-order valence-corrected chi connectivity index (χ1v) is 10.4. The molecule has 3 aromatic rings. The van der Waals surface area contributed by atoms with Gasteiger partial charge in [0.2, 0.25) is 6.10 Å². The monoisotopic (exact) mass is 481 g/mol. The van der Waals surface area contributed by atoms with Crippen LogP contribution in [0.1, 0.15) is 26.9 Å². The zero-order valence-corrected chi connectivity index (χ0v) is 17.8. The summed E-state index contributed by atoms with van der Waals surface area (Å²) >= 11 is 6.97. The Morgan fingerprint density at radius 1 is 1.16 bits per heavy atom. The second-order valence-electron chi connectivity index (χ2n) is 6.36. The number of carbonyl (C=O) groups excluding carboxylic acids is 2. The van der Waals surface area contributed by atoms with E-state index in [1.807, 2.05) is 0 Å². The summed E-state index contributed by atoms with van der Waals surface area (Å²) < 4.78 is 49.8. The summed E-state index contributed by atoms with van der Waals surface area (Å²) in [4.78, 5) is 25.0. The summed E-state index contributed by atoms with van der Waals surface area (Å²) in [6.45, 7) is -0.140. The number of rotatable bonds is 8. The van der Waals surface area contributed by atoms with Crippen LogP contribution in [0, 0.1) is 11.4 Å². The lowest BCUT2D eigenvalue weighted by molar-refractivity contribution is -0.152. The Hall–Kier alpha value is -3.22. The van der Waals surface area contributed by atoms with Crippen molar-refractivity contribution < 1.29 is 32.2 Å². The quantitative estimate of drug-likeness (QED) is 0.358. The summed E-state index contributed by atoms with van der Waals surface area (Å²) in [6, 6.07) is 14.3. The van der Waals surface area contributed by atoms with Gasteiger partial charge < -0.3 is 14.8 Å². The number of carbonyl (C=O) groups is 2. The van der Waals surface area contributed by atoms with Gasteiger partial charge >= 0.3 is 12.1 Å². The van der Waals surface area contributed by atoms with E-state index >= 15 is 0 Å². The maximum Gasteiger partial charge on any atom is 0.416 e. The van der Waals surface area contributed by atoms with Crippen LogP contribution in [0.25, 0.3) is 0 Å². The molecule has 10 heteroatoms. The molecule has 0 aliphatic rings. The van der Waals surface area contributed by atoms with Gasteiger partial charge in [-0.05, 0) is 35.7 Å². The molecule has 0 saturated heterocycles. The number of alkyl halides is 3. The van der Waals surface area contributed by atoms with Crippen LogP contribution >= 0.6 is 22.9 Å². The first kappa shape index (κ1) is 23.4. The molecule has 0 spiro atoms. The molecule has 166 valence electrons. The molecular weight excluding hydrogens is 467 g/mol. The minimum atomic E-state index is -4.56. The van der Waals surface area contributed by atoms with E-state index in [0.29, 0.717) is 15.5 Å². The second kappa shape index (κ2) is 10.4. The predicted octanol–water partition coefficient (Wildman–Crippen LogP) is 5.11. The Kier molecular flexibility index (Phi) is 7.62. The van der Waals surface area contributed by atoms with Gasteiger partial charge in [0.1, 0.15) is 17.2 Å². The van der Waals surface area contributed by atoms with Crippen molar-refractivity contribution in [1.29, 1.82) is 0 Å². The van der Waals surface area contributed by atoms with Crippen molar-refractivity contribution in [3.05, 3.63) is 87.1 Å². The highest BCUT2D eigenvalue weighted by Crippen LogP contribution is 2.33. The summed E-state index contributed by atoms with van der Waals surface area (Å²) in [5.41, 5.74) is -0.575. The lowest BCUT2D eigenvalue weighted by atomic mass is 10.1. The van der Waals surface area contributed by atoms with E-state index in [0.717, 1.165) is 23.5 Å². The molecule has 1 N–H and O–H groups in total. The molecule has 1 atom stereocenters. The van der Waals surface area contributed by atoms with E-state index in [1.165, 1.54) is 42.5 Å². The van der Waals surface area contributed by atoms with E-state index < -0.39 is 23.8 Å². The molecule has 0 aliphatic heterocycles. The van der Waals surface area contributed by atoms with Gasteiger partial charge in [-0.2, -0.15) is 13.2 Å². The van der Waals surface area contributed by atoms with Gasteiger partial charge in [-0.1, -0.05) is 47.2 Å². The SMILES string of the molecule is O=C(NCCOC(=O)C(Oc1cccc(C(F)(F)F)c1)c1ccc(Cl)cc1)c1cc#cs1. The van der Waals surface area contributed by atoms with Crippen molar-refractivity contribution in [3.8, 4) is 5.75 Å². The molecule has 0 radical (unpaired) electrons. The molecule has 0 saturated carbocycles. The maximum atomic E-state index is 13.0. The fourth-order valence-corrected chi connectivity index (χ4v) is 3.21. The average Bonchev–Trinajstić information content (AvgIpc) is 3.30. The lowest BCUT2D eigenvalue weighted by Crippen LogP contribution is -2.29.